The van der Waals surface area contributed by atoms with Crippen molar-refractivity contribution in [1.82, 2.24) is 9.47 Å². The van der Waals surface area contributed by atoms with E-state index in [4.69, 9.17) is 0 Å². The summed E-state index contributed by atoms with van der Waals surface area (Å²) in [6.07, 6.45) is 7.48. The molecule has 1 aromatic carbocycles. The van der Waals surface area contributed by atoms with Gasteiger partial charge >= 0.3 is 0 Å². The second kappa shape index (κ2) is 7.41. The lowest BCUT2D eigenvalue weighted by atomic mass is 10.1. The summed E-state index contributed by atoms with van der Waals surface area (Å²) in [5, 5.41) is 2.18. The second-order valence-electron chi connectivity index (χ2n) is 6.32. The molecule has 0 N–H and O–H groups in total. The first-order valence-electron chi connectivity index (χ1n) is 8.31. The van der Waals surface area contributed by atoms with Gasteiger partial charge in [0, 0.05) is 38.3 Å². The smallest absolute Gasteiger partial charge is 0.0492 e. The van der Waals surface area contributed by atoms with Gasteiger partial charge in [-0.3, -0.25) is 0 Å². The van der Waals surface area contributed by atoms with Gasteiger partial charge in [-0.1, -0.05) is 29.3 Å². The normalized spacial score (nSPS) is 17.4. The molecule has 2 aromatic rings. The molecule has 0 spiro atoms. The Kier molecular flexibility index (Phi) is 5.53. The first kappa shape index (κ1) is 16.4. The van der Waals surface area contributed by atoms with E-state index in [1.54, 1.807) is 0 Å². The molecule has 0 unspecified atom stereocenters. The van der Waals surface area contributed by atoms with E-state index in [0.29, 0.717) is 0 Å². The quantitative estimate of drug-likeness (QED) is 0.686. The van der Waals surface area contributed by atoms with Crippen LogP contribution in [0.25, 0.3) is 10.9 Å². The highest BCUT2D eigenvalue weighted by Gasteiger charge is 2.20. The third-order valence-electron chi connectivity index (χ3n) is 4.52. The van der Waals surface area contributed by atoms with Crippen molar-refractivity contribution in [2.75, 3.05) is 20.1 Å². The highest BCUT2D eigenvalue weighted by molar-refractivity contribution is 9.10. The van der Waals surface area contributed by atoms with Gasteiger partial charge in [0.25, 0.3) is 0 Å². The number of aryl methyl sites for hydroxylation is 1. The van der Waals surface area contributed by atoms with Crippen molar-refractivity contribution >= 4 is 38.6 Å². The fraction of sp³-hybridized carbons (Fsp3) is 0.556. The van der Waals surface area contributed by atoms with Crippen LogP contribution in [0.15, 0.2) is 33.8 Å². The Hall–Kier alpha value is -0.450. The second-order valence-corrected chi connectivity index (χ2v) is 8.58. The predicted molar refractivity (Wildman–Crippen MR) is 101 cm³/mol. The van der Waals surface area contributed by atoms with Crippen molar-refractivity contribution in [3.8, 4) is 0 Å². The van der Waals surface area contributed by atoms with Gasteiger partial charge in [0.2, 0.25) is 0 Å². The summed E-state index contributed by atoms with van der Waals surface area (Å²) in [7, 11) is 2.23. The number of thioether (sulfide) groups is 1. The predicted octanol–water partition coefficient (Wildman–Crippen LogP) is 5.39. The lowest BCUT2D eigenvalue weighted by Gasteiger charge is -2.28. The summed E-state index contributed by atoms with van der Waals surface area (Å²) in [6.45, 7) is 5.85. The molecule has 0 saturated carbocycles. The average Bonchev–Trinajstić information content (AvgIpc) is 2.84. The van der Waals surface area contributed by atoms with Crippen LogP contribution in [0.4, 0.5) is 0 Å². The molecular weight excluding hydrogens is 356 g/mol. The first-order valence-corrected chi connectivity index (χ1v) is 9.98. The number of likely N-dealkylation sites (tertiary alicyclic amines) is 1. The Balaban J connectivity index is 1.85. The zero-order valence-electron chi connectivity index (χ0n) is 13.5. The lowest BCUT2D eigenvalue weighted by Crippen LogP contribution is -2.31. The number of benzene rings is 1. The van der Waals surface area contributed by atoms with Crippen LogP contribution in [-0.4, -0.2) is 34.9 Å². The van der Waals surface area contributed by atoms with Gasteiger partial charge in [0.1, 0.15) is 0 Å². The van der Waals surface area contributed by atoms with Crippen LogP contribution in [-0.2, 0) is 6.54 Å². The molecule has 4 heteroatoms. The number of piperidine rings is 1. The molecule has 0 amide bonds. The van der Waals surface area contributed by atoms with Crippen molar-refractivity contribution in [2.45, 2.75) is 49.3 Å². The van der Waals surface area contributed by atoms with Gasteiger partial charge in [-0.05, 0) is 57.6 Å². The highest BCUT2D eigenvalue weighted by Crippen LogP contribution is 2.37. The Labute approximate surface area is 146 Å². The molecule has 22 heavy (non-hydrogen) atoms. The average molecular weight is 381 g/mol. The minimum Gasteiger partial charge on any atom is -0.346 e. The number of halogens is 1. The van der Waals surface area contributed by atoms with Crippen LogP contribution in [0.1, 0.15) is 32.6 Å². The zero-order valence-corrected chi connectivity index (χ0v) is 15.9. The van der Waals surface area contributed by atoms with Crippen LogP contribution in [0.3, 0.4) is 0 Å². The van der Waals surface area contributed by atoms with Crippen molar-refractivity contribution in [1.29, 1.82) is 0 Å². The van der Waals surface area contributed by atoms with Crippen molar-refractivity contribution < 1.29 is 0 Å². The number of nitrogens with zero attached hydrogens (tertiary/aromatic N) is 2. The molecule has 0 radical (unpaired) electrons. The number of unbranched alkanes of at least 4 members (excludes halogenated alkanes) is 1. The molecule has 1 aromatic heterocycles. The third-order valence-corrected chi connectivity index (χ3v) is 6.40. The number of rotatable bonds is 5. The Morgan fingerprint density at radius 3 is 2.77 bits per heavy atom. The fourth-order valence-electron chi connectivity index (χ4n) is 3.13. The summed E-state index contributed by atoms with van der Waals surface area (Å²) < 4.78 is 3.63. The van der Waals surface area contributed by atoms with Crippen LogP contribution >= 0.6 is 27.7 Å². The summed E-state index contributed by atoms with van der Waals surface area (Å²) in [4.78, 5) is 3.90. The van der Waals surface area contributed by atoms with Crippen LogP contribution < -0.4 is 0 Å². The Morgan fingerprint density at radius 2 is 2.05 bits per heavy atom. The number of hydrogen-bond acceptors (Lipinski definition) is 2. The monoisotopic (exact) mass is 380 g/mol. The summed E-state index contributed by atoms with van der Waals surface area (Å²) in [5.74, 6) is 0. The standard InChI is InChI=1S/C18H25BrN2S/c1-3-4-9-21-13-18(16-12-14(19)5-6-17(16)21)22-15-7-10-20(2)11-8-15/h5-6,12-13,15H,3-4,7-11H2,1-2H3. The topological polar surface area (TPSA) is 8.17 Å². The van der Waals surface area contributed by atoms with E-state index < -0.39 is 0 Å². The summed E-state index contributed by atoms with van der Waals surface area (Å²) in [6, 6.07) is 6.71. The molecule has 0 atom stereocenters. The van der Waals surface area contributed by atoms with Crippen molar-refractivity contribution in [3.63, 3.8) is 0 Å². The van der Waals surface area contributed by atoms with E-state index >= 15 is 0 Å². The van der Waals surface area contributed by atoms with Crippen LogP contribution in [0.2, 0.25) is 0 Å². The van der Waals surface area contributed by atoms with Gasteiger partial charge in [0.15, 0.2) is 0 Å². The van der Waals surface area contributed by atoms with E-state index in [1.165, 1.54) is 59.0 Å². The van der Waals surface area contributed by atoms with Gasteiger partial charge in [-0.25, -0.2) is 0 Å². The molecule has 0 aliphatic carbocycles. The maximum absolute atomic E-state index is 3.64. The van der Waals surface area contributed by atoms with Gasteiger partial charge < -0.3 is 9.47 Å². The SMILES string of the molecule is CCCCn1cc(SC2CCN(C)CC2)c2cc(Br)ccc21. The molecule has 2 nitrogen and oxygen atoms in total. The molecule has 0 bridgehead atoms. The highest BCUT2D eigenvalue weighted by atomic mass is 79.9. The maximum Gasteiger partial charge on any atom is 0.0492 e. The maximum atomic E-state index is 3.64. The molecule has 1 aliphatic heterocycles. The van der Waals surface area contributed by atoms with Crippen molar-refractivity contribution in [2.24, 2.45) is 0 Å². The number of aromatic nitrogens is 1. The van der Waals surface area contributed by atoms with Crippen LogP contribution in [0.5, 0.6) is 0 Å². The zero-order chi connectivity index (χ0) is 15.5. The minimum atomic E-state index is 0.764. The molecule has 2 heterocycles. The molecule has 1 saturated heterocycles. The molecule has 120 valence electrons. The third kappa shape index (κ3) is 3.72. The molecule has 1 fully saturated rings. The van der Waals surface area contributed by atoms with Crippen molar-refractivity contribution in [3.05, 3.63) is 28.9 Å². The van der Waals surface area contributed by atoms with E-state index in [0.717, 1.165) is 11.8 Å². The van der Waals surface area contributed by atoms with Gasteiger partial charge in [-0.2, -0.15) is 0 Å². The molecule has 1 aliphatic rings. The first-order chi connectivity index (χ1) is 10.7. The molecule has 3 rings (SSSR count). The summed E-state index contributed by atoms with van der Waals surface area (Å²) in [5.41, 5.74) is 1.38. The van der Waals surface area contributed by atoms with E-state index in [9.17, 15) is 0 Å². The van der Waals surface area contributed by atoms with Gasteiger partial charge in [-0.15, -0.1) is 11.8 Å². The van der Waals surface area contributed by atoms with E-state index in [1.807, 2.05) is 0 Å². The number of fused-ring (bicyclic) bond motifs is 1. The Bertz CT molecular complexity index is 629. The lowest BCUT2D eigenvalue weighted by molar-refractivity contribution is 0.282. The molecular formula is C18H25BrN2S. The van der Waals surface area contributed by atoms with E-state index in [-0.39, 0.29) is 0 Å². The van der Waals surface area contributed by atoms with Gasteiger partial charge in [0.05, 0.1) is 0 Å². The van der Waals surface area contributed by atoms with Crippen LogP contribution in [0, 0.1) is 0 Å². The van der Waals surface area contributed by atoms with E-state index in [2.05, 4.69) is 75.5 Å². The largest absolute Gasteiger partial charge is 0.346 e. The Morgan fingerprint density at radius 1 is 1.27 bits per heavy atom. The summed E-state index contributed by atoms with van der Waals surface area (Å²) >= 11 is 5.73. The minimum absolute atomic E-state index is 0.764. The number of hydrogen-bond donors (Lipinski definition) is 0. The fourth-order valence-corrected chi connectivity index (χ4v) is 4.77.